The molecule has 3 aromatic rings. The Balaban J connectivity index is 1.64. The molecular formula is C21H15BrN2O2. The lowest BCUT2D eigenvalue weighted by atomic mass is 10.1. The highest BCUT2D eigenvalue weighted by atomic mass is 79.9. The van der Waals surface area contributed by atoms with E-state index in [0.29, 0.717) is 17.1 Å². The summed E-state index contributed by atoms with van der Waals surface area (Å²) in [5.41, 5.74) is 3.73. The van der Waals surface area contributed by atoms with E-state index in [1.54, 1.807) is 0 Å². The molecule has 128 valence electrons. The van der Waals surface area contributed by atoms with Crippen LogP contribution in [0.1, 0.15) is 11.1 Å². The van der Waals surface area contributed by atoms with Gasteiger partial charge in [-0.2, -0.15) is 0 Å². The standard InChI is InChI=1S/C21H15BrN2O2/c1-13-7-12-17-18(19(13)22)20(21(25)24-17)23-14-8-10-16(11-9-14)26-15-5-3-2-4-6-15/h2-12H,1H3,(H,23,24,25). The Kier molecular flexibility index (Phi) is 4.31. The summed E-state index contributed by atoms with van der Waals surface area (Å²) in [6.45, 7) is 1.99. The van der Waals surface area contributed by atoms with Crippen LogP contribution in [0.4, 0.5) is 11.4 Å². The summed E-state index contributed by atoms with van der Waals surface area (Å²) in [4.78, 5) is 16.9. The molecule has 0 bridgehead atoms. The number of rotatable bonds is 3. The van der Waals surface area contributed by atoms with Gasteiger partial charge >= 0.3 is 0 Å². The second-order valence-corrected chi connectivity index (χ2v) is 6.74. The molecule has 1 N–H and O–H groups in total. The number of aryl methyl sites for hydroxylation is 1. The number of carbonyl (C=O) groups is 1. The summed E-state index contributed by atoms with van der Waals surface area (Å²) >= 11 is 3.57. The van der Waals surface area contributed by atoms with Crippen LogP contribution in [0.5, 0.6) is 11.5 Å². The van der Waals surface area contributed by atoms with E-state index in [2.05, 4.69) is 26.2 Å². The predicted octanol–water partition coefficient (Wildman–Crippen LogP) is 5.62. The molecule has 0 spiro atoms. The van der Waals surface area contributed by atoms with E-state index in [4.69, 9.17) is 4.74 Å². The van der Waals surface area contributed by atoms with Crippen LogP contribution in [-0.4, -0.2) is 11.6 Å². The van der Waals surface area contributed by atoms with E-state index in [9.17, 15) is 4.79 Å². The van der Waals surface area contributed by atoms with Gasteiger partial charge in [-0.25, -0.2) is 4.99 Å². The van der Waals surface area contributed by atoms with Crippen molar-refractivity contribution in [1.29, 1.82) is 0 Å². The number of para-hydroxylation sites is 1. The van der Waals surface area contributed by atoms with Gasteiger partial charge in [0.05, 0.1) is 11.4 Å². The second-order valence-electron chi connectivity index (χ2n) is 5.94. The Labute approximate surface area is 159 Å². The van der Waals surface area contributed by atoms with Gasteiger partial charge in [0.1, 0.15) is 17.2 Å². The molecular weight excluding hydrogens is 392 g/mol. The summed E-state index contributed by atoms with van der Waals surface area (Å²) in [7, 11) is 0. The minimum absolute atomic E-state index is 0.198. The van der Waals surface area contributed by atoms with Crippen LogP contribution in [-0.2, 0) is 4.79 Å². The topological polar surface area (TPSA) is 50.7 Å². The van der Waals surface area contributed by atoms with Gasteiger partial charge in [0.25, 0.3) is 5.91 Å². The van der Waals surface area contributed by atoms with E-state index in [0.717, 1.165) is 27.0 Å². The van der Waals surface area contributed by atoms with E-state index >= 15 is 0 Å². The van der Waals surface area contributed by atoms with E-state index in [-0.39, 0.29) is 5.91 Å². The zero-order chi connectivity index (χ0) is 18.1. The van der Waals surface area contributed by atoms with Crippen molar-refractivity contribution >= 4 is 38.9 Å². The van der Waals surface area contributed by atoms with Crippen molar-refractivity contribution in [2.45, 2.75) is 6.92 Å². The van der Waals surface area contributed by atoms with Crippen LogP contribution in [0.3, 0.4) is 0 Å². The molecule has 0 atom stereocenters. The highest BCUT2D eigenvalue weighted by Crippen LogP contribution is 2.34. The largest absolute Gasteiger partial charge is 0.457 e. The van der Waals surface area contributed by atoms with Crippen LogP contribution < -0.4 is 10.1 Å². The Hall–Kier alpha value is -2.92. The van der Waals surface area contributed by atoms with Crippen LogP contribution in [0.15, 0.2) is 76.2 Å². The summed E-state index contributed by atoms with van der Waals surface area (Å²) in [6.07, 6.45) is 0. The SMILES string of the molecule is Cc1ccc2c(c1Br)C(=Nc1ccc(Oc3ccccc3)cc1)C(=O)N2. The molecule has 0 fully saturated rings. The fraction of sp³-hybridized carbons (Fsp3) is 0.0476. The number of ether oxygens (including phenoxy) is 1. The monoisotopic (exact) mass is 406 g/mol. The minimum atomic E-state index is -0.198. The highest BCUT2D eigenvalue weighted by molar-refractivity contribution is 9.10. The number of hydrogen-bond donors (Lipinski definition) is 1. The molecule has 0 saturated carbocycles. The fourth-order valence-electron chi connectivity index (χ4n) is 2.76. The first-order valence-corrected chi connectivity index (χ1v) is 8.93. The van der Waals surface area contributed by atoms with Gasteiger partial charge in [-0.15, -0.1) is 0 Å². The third-order valence-electron chi connectivity index (χ3n) is 4.09. The van der Waals surface area contributed by atoms with Crippen molar-refractivity contribution in [3.05, 3.63) is 82.3 Å². The molecule has 5 heteroatoms. The summed E-state index contributed by atoms with van der Waals surface area (Å²) in [5.74, 6) is 1.29. The maximum Gasteiger partial charge on any atom is 0.275 e. The third-order valence-corrected chi connectivity index (χ3v) is 5.11. The summed E-state index contributed by atoms with van der Waals surface area (Å²) in [5, 5.41) is 2.86. The van der Waals surface area contributed by atoms with E-state index in [1.807, 2.05) is 73.7 Å². The van der Waals surface area contributed by atoms with Crippen molar-refractivity contribution in [2.24, 2.45) is 4.99 Å². The van der Waals surface area contributed by atoms with Crippen LogP contribution in [0.2, 0.25) is 0 Å². The quantitative estimate of drug-likeness (QED) is 0.613. The highest BCUT2D eigenvalue weighted by Gasteiger charge is 2.28. The average Bonchev–Trinajstić information content (AvgIpc) is 2.97. The van der Waals surface area contributed by atoms with Gasteiger partial charge in [0.2, 0.25) is 0 Å². The number of halogens is 1. The molecule has 1 aliphatic rings. The summed E-state index contributed by atoms with van der Waals surface area (Å²) < 4.78 is 6.67. The maximum absolute atomic E-state index is 12.3. The smallest absolute Gasteiger partial charge is 0.275 e. The van der Waals surface area contributed by atoms with Crippen molar-refractivity contribution in [3.8, 4) is 11.5 Å². The molecule has 0 radical (unpaired) electrons. The van der Waals surface area contributed by atoms with E-state index in [1.165, 1.54) is 0 Å². The molecule has 0 aromatic heterocycles. The Morgan fingerprint density at radius 3 is 2.35 bits per heavy atom. The van der Waals surface area contributed by atoms with Crippen molar-refractivity contribution in [2.75, 3.05) is 5.32 Å². The van der Waals surface area contributed by atoms with Gasteiger partial charge in [0.15, 0.2) is 0 Å². The second kappa shape index (κ2) is 6.77. The number of carbonyl (C=O) groups excluding carboxylic acids is 1. The van der Waals surface area contributed by atoms with Crippen LogP contribution >= 0.6 is 15.9 Å². The van der Waals surface area contributed by atoms with Gasteiger partial charge in [0, 0.05) is 10.0 Å². The first-order valence-electron chi connectivity index (χ1n) is 8.14. The van der Waals surface area contributed by atoms with Crippen LogP contribution in [0, 0.1) is 6.92 Å². The first-order chi connectivity index (χ1) is 12.6. The number of hydrogen-bond acceptors (Lipinski definition) is 3. The lowest BCUT2D eigenvalue weighted by Crippen LogP contribution is -2.14. The van der Waals surface area contributed by atoms with Crippen molar-refractivity contribution < 1.29 is 9.53 Å². The molecule has 1 aliphatic heterocycles. The molecule has 3 aromatic carbocycles. The van der Waals surface area contributed by atoms with Gasteiger partial charge < -0.3 is 10.1 Å². The van der Waals surface area contributed by atoms with Crippen molar-refractivity contribution in [3.63, 3.8) is 0 Å². The number of nitrogens with zero attached hydrogens (tertiary/aromatic N) is 1. The number of anilines is 1. The van der Waals surface area contributed by atoms with Gasteiger partial charge in [-0.05, 0) is 70.9 Å². The minimum Gasteiger partial charge on any atom is -0.457 e. The van der Waals surface area contributed by atoms with Gasteiger partial charge in [-0.3, -0.25) is 4.79 Å². The Morgan fingerprint density at radius 1 is 0.923 bits per heavy atom. The molecule has 4 rings (SSSR count). The normalized spacial score (nSPS) is 14.2. The van der Waals surface area contributed by atoms with E-state index < -0.39 is 0 Å². The number of nitrogens with one attached hydrogen (secondary N) is 1. The summed E-state index contributed by atoms with van der Waals surface area (Å²) in [6, 6.07) is 20.8. The molecule has 0 unspecified atom stereocenters. The Morgan fingerprint density at radius 2 is 1.62 bits per heavy atom. The van der Waals surface area contributed by atoms with Crippen LogP contribution in [0.25, 0.3) is 0 Å². The third kappa shape index (κ3) is 3.13. The zero-order valence-corrected chi connectivity index (χ0v) is 15.6. The predicted molar refractivity (Wildman–Crippen MR) is 107 cm³/mol. The lowest BCUT2D eigenvalue weighted by molar-refractivity contribution is -0.110. The number of amides is 1. The van der Waals surface area contributed by atoms with Crippen molar-refractivity contribution in [1.82, 2.24) is 0 Å². The molecule has 1 heterocycles. The number of fused-ring (bicyclic) bond motifs is 1. The zero-order valence-electron chi connectivity index (χ0n) is 14.0. The average molecular weight is 407 g/mol. The molecule has 1 amide bonds. The molecule has 26 heavy (non-hydrogen) atoms. The number of aliphatic imine (C=N–C) groups is 1. The number of benzene rings is 3. The Bertz CT molecular complexity index is 1010. The van der Waals surface area contributed by atoms with Gasteiger partial charge in [-0.1, -0.05) is 24.3 Å². The molecule has 4 nitrogen and oxygen atoms in total. The first kappa shape index (κ1) is 16.5. The molecule has 0 aliphatic carbocycles. The fourth-order valence-corrected chi connectivity index (χ4v) is 3.29. The maximum atomic E-state index is 12.3. The molecule has 0 saturated heterocycles. The lowest BCUT2D eigenvalue weighted by Gasteiger charge is -2.06.